The fourth-order valence-corrected chi connectivity index (χ4v) is 3.86. The van der Waals surface area contributed by atoms with E-state index >= 15 is 0 Å². The van der Waals surface area contributed by atoms with Crippen LogP contribution in [-0.4, -0.2) is 30.1 Å². The number of aryl methyl sites for hydroxylation is 2. The average Bonchev–Trinajstić information content (AvgIpc) is 3.02. The van der Waals surface area contributed by atoms with Crippen molar-refractivity contribution in [1.29, 1.82) is 0 Å². The highest BCUT2D eigenvalue weighted by Crippen LogP contribution is 2.27. The summed E-state index contributed by atoms with van der Waals surface area (Å²) in [7, 11) is 4.00. The summed E-state index contributed by atoms with van der Waals surface area (Å²) in [5, 5.41) is 7.66. The Balaban J connectivity index is 1.65. The molecule has 0 saturated heterocycles. The van der Waals surface area contributed by atoms with E-state index in [0.29, 0.717) is 22.9 Å². The molecule has 1 aromatic carbocycles. The number of nitrogens with zero attached hydrogens (tertiary/aromatic N) is 3. The van der Waals surface area contributed by atoms with Gasteiger partial charge in [0.25, 0.3) is 5.91 Å². The van der Waals surface area contributed by atoms with E-state index in [4.69, 9.17) is 4.52 Å². The lowest BCUT2D eigenvalue weighted by molar-refractivity contribution is 0.0947. The van der Waals surface area contributed by atoms with Crippen molar-refractivity contribution in [3.63, 3.8) is 0 Å². The van der Waals surface area contributed by atoms with E-state index in [9.17, 15) is 4.79 Å². The number of carbonyl (C=O) groups is 1. The molecular formula is C21H24N4O2S. The second kappa shape index (κ2) is 8.93. The first-order valence-corrected chi connectivity index (χ1v) is 9.98. The number of anilines is 1. The van der Waals surface area contributed by atoms with Crippen LogP contribution in [0.4, 0.5) is 5.69 Å². The molecule has 0 unspecified atom stereocenters. The van der Waals surface area contributed by atoms with Crippen molar-refractivity contribution in [3.8, 4) is 0 Å². The Kier molecular flexibility index (Phi) is 6.36. The number of nitrogens with one attached hydrogen (secondary N) is 1. The Morgan fingerprint density at radius 1 is 1.18 bits per heavy atom. The maximum absolute atomic E-state index is 12.7. The smallest absolute Gasteiger partial charge is 0.254 e. The lowest BCUT2D eigenvalue weighted by Gasteiger charge is -2.13. The third-order valence-electron chi connectivity index (χ3n) is 4.46. The molecule has 2 heterocycles. The lowest BCUT2D eigenvalue weighted by Crippen LogP contribution is -2.23. The molecule has 146 valence electrons. The van der Waals surface area contributed by atoms with Gasteiger partial charge in [0.1, 0.15) is 10.8 Å². The first kappa shape index (κ1) is 19.9. The fraction of sp³-hybridized carbons (Fsp3) is 0.286. The van der Waals surface area contributed by atoms with Gasteiger partial charge in [-0.2, -0.15) is 0 Å². The molecule has 0 aliphatic heterocycles. The summed E-state index contributed by atoms with van der Waals surface area (Å²) in [4.78, 5) is 19.1. The highest BCUT2D eigenvalue weighted by atomic mass is 32.2. The van der Waals surface area contributed by atoms with Crippen LogP contribution in [0.25, 0.3) is 0 Å². The van der Waals surface area contributed by atoms with Gasteiger partial charge >= 0.3 is 0 Å². The van der Waals surface area contributed by atoms with Gasteiger partial charge in [-0.25, -0.2) is 4.98 Å². The van der Waals surface area contributed by atoms with Crippen LogP contribution in [0.15, 0.2) is 52.1 Å². The summed E-state index contributed by atoms with van der Waals surface area (Å²) < 4.78 is 5.21. The van der Waals surface area contributed by atoms with Gasteiger partial charge in [-0.15, -0.1) is 11.8 Å². The molecular weight excluding hydrogens is 372 g/mol. The normalized spacial score (nSPS) is 10.7. The highest BCUT2D eigenvalue weighted by Gasteiger charge is 2.15. The summed E-state index contributed by atoms with van der Waals surface area (Å²) in [6.07, 6.45) is 1.70. The molecule has 28 heavy (non-hydrogen) atoms. The molecule has 0 saturated carbocycles. The van der Waals surface area contributed by atoms with E-state index in [0.717, 1.165) is 28.3 Å². The molecule has 1 N–H and O–H groups in total. The Morgan fingerprint density at radius 2 is 1.93 bits per heavy atom. The molecule has 1 amide bonds. The molecule has 3 rings (SSSR count). The van der Waals surface area contributed by atoms with E-state index in [1.807, 2.05) is 57.1 Å². The van der Waals surface area contributed by atoms with Crippen molar-refractivity contribution < 1.29 is 9.32 Å². The van der Waals surface area contributed by atoms with Gasteiger partial charge in [0.2, 0.25) is 0 Å². The van der Waals surface area contributed by atoms with Gasteiger partial charge in [-0.3, -0.25) is 4.79 Å². The van der Waals surface area contributed by atoms with Crippen LogP contribution in [0.5, 0.6) is 0 Å². The second-order valence-electron chi connectivity index (χ2n) is 6.69. The molecule has 0 radical (unpaired) electrons. The van der Waals surface area contributed by atoms with Crippen LogP contribution in [-0.2, 0) is 12.3 Å². The van der Waals surface area contributed by atoms with E-state index in [1.54, 1.807) is 18.3 Å². The summed E-state index contributed by atoms with van der Waals surface area (Å²) in [5.41, 5.74) is 4.66. The third-order valence-corrected chi connectivity index (χ3v) is 5.49. The van der Waals surface area contributed by atoms with Crippen LogP contribution < -0.4 is 10.2 Å². The summed E-state index contributed by atoms with van der Waals surface area (Å²) in [6, 6.07) is 11.7. The Bertz CT molecular complexity index is 932. The topological polar surface area (TPSA) is 71.3 Å². The van der Waals surface area contributed by atoms with Crippen molar-refractivity contribution in [3.05, 3.63) is 70.7 Å². The molecule has 2 aromatic heterocycles. The average molecular weight is 397 g/mol. The number of thioether (sulfide) groups is 1. The number of hydrogen-bond donors (Lipinski definition) is 1. The van der Waals surface area contributed by atoms with Crippen LogP contribution in [0, 0.1) is 13.8 Å². The van der Waals surface area contributed by atoms with Crippen LogP contribution >= 0.6 is 11.8 Å². The summed E-state index contributed by atoms with van der Waals surface area (Å²) >= 11 is 1.51. The minimum atomic E-state index is -0.133. The molecule has 6 nitrogen and oxygen atoms in total. The van der Waals surface area contributed by atoms with E-state index in [1.165, 1.54) is 11.8 Å². The number of benzene rings is 1. The van der Waals surface area contributed by atoms with Crippen LogP contribution in [0.1, 0.15) is 32.9 Å². The molecule has 3 aromatic rings. The minimum Gasteiger partial charge on any atom is -0.378 e. The second-order valence-corrected chi connectivity index (χ2v) is 7.66. The van der Waals surface area contributed by atoms with Gasteiger partial charge < -0.3 is 14.7 Å². The maximum atomic E-state index is 12.7. The minimum absolute atomic E-state index is 0.133. The van der Waals surface area contributed by atoms with Crippen molar-refractivity contribution in [1.82, 2.24) is 15.5 Å². The zero-order valence-electron chi connectivity index (χ0n) is 16.5. The number of rotatable bonds is 7. The maximum Gasteiger partial charge on any atom is 0.254 e. The predicted molar refractivity (Wildman–Crippen MR) is 112 cm³/mol. The van der Waals surface area contributed by atoms with Crippen molar-refractivity contribution >= 4 is 23.4 Å². The number of carbonyl (C=O) groups excluding carboxylic acids is 1. The zero-order valence-corrected chi connectivity index (χ0v) is 17.3. The quantitative estimate of drug-likeness (QED) is 0.609. The number of amides is 1. The van der Waals surface area contributed by atoms with Crippen LogP contribution in [0.2, 0.25) is 0 Å². The Morgan fingerprint density at radius 3 is 2.57 bits per heavy atom. The van der Waals surface area contributed by atoms with Gasteiger partial charge in [0.15, 0.2) is 0 Å². The standard InChI is InChI=1S/C21H24N4O2S/c1-14-19(15(2)27-24-14)13-28-21-18(6-5-11-22-21)20(26)23-12-16-7-9-17(10-8-16)25(3)4/h5-11H,12-13H2,1-4H3,(H,23,26). The van der Waals surface area contributed by atoms with Gasteiger partial charge in [-0.05, 0) is 43.7 Å². The molecule has 0 fully saturated rings. The number of hydrogen-bond acceptors (Lipinski definition) is 6. The molecule has 0 aliphatic rings. The first-order valence-electron chi connectivity index (χ1n) is 8.99. The van der Waals surface area contributed by atoms with Gasteiger partial charge in [0, 0.05) is 43.8 Å². The third kappa shape index (κ3) is 4.72. The molecule has 0 bridgehead atoms. The van der Waals surface area contributed by atoms with Gasteiger partial charge in [-0.1, -0.05) is 17.3 Å². The summed E-state index contributed by atoms with van der Waals surface area (Å²) in [6.45, 7) is 4.28. The highest BCUT2D eigenvalue weighted by molar-refractivity contribution is 7.98. The fourth-order valence-electron chi connectivity index (χ4n) is 2.72. The van der Waals surface area contributed by atoms with Crippen LogP contribution in [0.3, 0.4) is 0 Å². The zero-order chi connectivity index (χ0) is 20.1. The Hall–Kier alpha value is -2.80. The van der Waals surface area contributed by atoms with Crippen molar-refractivity contribution in [2.24, 2.45) is 0 Å². The molecule has 0 atom stereocenters. The first-order chi connectivity index (χ1) is 13.5. The monoisotopic (exact) mass is 396 g/mol. The largest absolute Gasteiger partial charge is 0.378 e. The Labute approximate surface area is 169 Å². The van der Waals surface area contributed by atoms with E-state index in [-0.39, 0.29) is 5.91 Å². The number of aromatic nitrogens is 2. The molecule has 0 aliphatic carbocycles. The molecule has 0 spiro atoms. The van der Waals surface area contributed by atoms with Gasteiger partial charge in [0.05, 0.1) is 11.3 Å². The SMILES string of the molecule is Cc1noc(C)c1CSc1ncccc1C(=O)NCc1ccc(N(C)C)cc1. The van der Waals surface area contributed by atoms with Crippen molar-refractivity contribution in [2.45, 2.75) is 31.2 Å². The van der Waals surface area contributed by atoms with E-state index in [2.05, 4.69) is 15.5 Å². The van der Waals surface area contributed by atoms with Crippen molar-refractivity contribution in [2.75, 3.05) is 19.0 Å². The molecule has 7 heteroatoms. The lowest BCUT2D eigenvalue weighted by atomic mass is 10.2. The summed E-state index contributed by atoms with van der Waals surface area (Å²) in [5.74, 6) is 1.32. The van der Waals surface area contributed by atoms with E-state index < -0.39 is 0 Å². The number of pyridine rings is 1. The predicted octanol–water partition coefficient (Wildman–Crippen LogP) is 3.97.